The average molecular weight is 379 g/mol. The summed E-state index contributed by atoms with van der Waals surface area (Å²) in [6, 6.07) is 15.2. The molecule has 1 N–H and O–H groups in total. The highest BCUT2D eigenvalue weighted by molar-refractivity contribution is 5.81. The molecule has 1 aromatic heterocycles. The molecule has 2 aromatic carbocycles. The molecule has 6 heteroatoms. The van der Waals surface area contributed by atoms with Crippen molar-refractivity contribution in [2.45, 2.75) is 32.9 Å². The van der Waals surface area contributed by atoms with Crippen molar-refractivity contribution in [3.05, 3.63) is 72.3 Å². The van der Waals surface area contributed by atoms with Gasteiger partial charge >= 0.3 is 0 Å². The Morgan fingerprint density at radius 3 is 2.36 bits per heavy atom. The molecule has 0 aliphatic carbocycles. The molecule has 0 aliphatic rings. The number of imidazole rings is 1. The molecule has 0 fully saturated rings. The highest BCUT2D eigenvalue weighted by atomic mass is 16.5. The van der Waals surface area contributed by atoms with Crippen molar-refractivity contribution in [2.24, 2.45) is 0 Å². The van der Waals surface area contributed by atoms with Crippen LogP contribution in [0.3, 0.4) is 0 Å². The standard InChI is InChI=1S/C22H25N3O3/c1-4-21(28-20-11-9-19(27-3)10-12-20)22(26)24-15-17-5-7-18(8-6-17)25-14-13-23-16(25)2/h5-14,21H,4,15H2,1-3H3,(H,24,26)/t21-/m1/s1. The third-order valence-corrected chi connectivity index (χ3v) is 4.51. The number of ether oxygens (including phenoxy) is 2. The van der Waals surface area contributed by atoms with Gasteiger partial charge in [0.2, 0.25) is 0 Å². The SMILES string of the molecule is CC[C@@H](Oc1ccc(OC)cc1)C(=O)NCc1ccc(-n2ccnc2C)cc1. The Morgan fingerprint density at radius 2 is 1.79 bits per heavy atom. The molecule has 0 bridgehead atoms. The van der Waals surface area contributed by atoms with E-state index < -0.39 is 6.10 Å². The second kappa shape index (κ2) is 9.08. The molecular formula is C22H25N3O3. The van der Waals surface area contributed by atoms with Gasteiger partial charge in [0.1, 0.15) is 17.3 Å². The van der Waals surface area contributed by atoms with Crippen molar-refractivity contribution in [1.82, 2.24) is 14.9 Å². The minimum absolute atomic E-state index is 0.132. The van der Waals surface area contributed by atoms with E-state index in [0.29, 0.717) is 18.7 Å². The molecular weight excluding hydrogens is 354 g/mol. The first-order chi connectivity index (χ1) is 13.6. The first-order valence-electron chi connectivity index (χ1n) is 9.28. The molecule has 3 rings (SSSR count). The van der Waals surface area contributed by atoms with Gasteiger partial charge in [-0.15, -0.1) is 0 Å². The van der Waals surface area contributed by atoms with Crippen molar-refractivity contribution < 1.29 is 14.3 Å². The number of methoxy groups -OCH3 is 1. The minimum atomic E-state index is -0.540. The summed E-state index contributed by atoms with van der Waals surface area (Å²) in [7, 11) is 1.61. The Kier molecular flexibility index (Phi) is 6.32. The number of aryl methyl sites for hydroxylation is 1. The summed E-state index contributed by atoms with van der Waals surface area (Å²) < 4.78 is 13.0. The highest BCUT2D eigenvalue weighted by Crippen LogP contribution is 2.19. The maximum absolute atomic E-state index is 12.5. The Morgan fingerprint density at radius 1 is 1.11 bits per heavy atom. The quantitative estimate of drug-likeness (QED) is 0.649. The predicted octanol–water partition coefficient (Wildman–Crippen LogP) is 3.66. The normalized spacial score (nSPS) is 11.7. The van der Waals surface area contributed by atoms with Crippen LogP contribution in [0.25, 0.3) is 5.69 Å². The molecule has 146 valence electrons. The lowest BCUT2D eigenvalue weighted by atomic mass is 10.2. The fourth-order valence-electron chi connectivity index (χ4n) is 2.87. The fraction of sp³-hybridized carbons (Fsp3) is 0.273. The van der Waals surface area contributed by atoms with Crippen LogP contribution < -0.4 is 14.8 Å². The molecule has 3 aromatic rings. The van der Waals surface area contributed by atoms with Gasteiger partial charge in [-0.05, 0) is 55.3 Å². The van der Waals surface area contributed by atoms with Gasteiger partial charge in [-0.1, -0.05) is 19.1 Å². The highest BCUT2D eigenvalue weighted by Gasteiger charge is 2.18. The Balaban J connectivity index is 1.56. The van der Waals surface area contributed by atoms with Gasteiger partial charge in [-0.3, -0.25) is 4.79 Å². The first-order valence-corrected chi connectivity index (χ1v) is 9.28. The summed E-state index contributed by atoms with van der Waals surface area (Å²) in [5.41, 5.74) is 2.06. The van der Waals surface area contributed by atoms with E-state index in [2.05, 4.69) is 10.3 Å². The van der Waals surface area contributed by atoms with Gasteiger partial charge < -0.3 is 19.4 Å². The molecule has 28 heavy (non-hydrogen) atoms. The van der Waals surface area contributed by atoms with E-state index in [1.165, 1.54) is 0 Å². The lowest BCUT2D eigenvalue weighted by Crippen LogP contribution is -2.37. The van der Waals surface area contributed by atoms with Crippen LogP contribution in [0.15, 0.2) is 60.9 Å². The van der Waals surface area contributed by atoms with Gasteiger partial charge in [-0.2, -0.15) is 0 Å². The van der Waals surface area contributed by atoms with Crippen molar-refractivity contribution in [3.8, 4) is 17.2 Å². The van der Waals surface area contributed by atoms with E-state index in [1.807, 2.05) is 61.0 Å². The van der Waals surface area contributed by atoms with E-state index in [4.69, 9.17) is 9.47 Å². The predicted molar refractivity (Wildman–Crippen MR) is 108 cm³/mol. The number of carbonyl (C=O) groups is 1. The van der Waals surface area contributed by atoms with Crippen LogP contribution in [0.5, 0.6) is 11.5 Å². The Bertz CT molecular complexity index is 902. The Labute approximate surface area is 165 Å². The first kappa shape index (κ1) is 19.5. The second-order valence-corrected chi connectivity index (χ2v) is 6.42. The number of hydrogen-bond donors (Lipinski definition) is 1. The third kappa shape index (κ3) is 4.71. The van der Waals surface area contributed by atoms with Gasteiger partial charge in [0, 0.05) is 24.6 Å². The molecule has 0 aliphatic heterocycles. The molecule has 0 saturated heterocycles. The number of carbonyl (C=O) groups excluding carboxylic acids is 1. The maximum atomic E-state index is 12.5. The van der Waals surface area contributed by atoms with E-state index in [-0.39, 0.29) is 5.91 Å². The van der Waals surface area contributed by atoms with Gasteiger partial charge in [0.15, 0.2) is 6.10 Å². The summed E-state index contributed by atoms with van der Waals surface area (Å²) in [6.45, 7) is 4.34. The van der Waals surface area contributed by atoms with Crippen LogP contribution in [0.2, 0.25) is 0 Å². The number of rotatable bonds is 8. The van der Waals surface area contributed by atoms with Gasteiger partial charge in [0.05, 0.1) is 7.11 Å². The van der Waals surface area contributed by atoms with Crippen LogP contribution in [0.1, 0.15) is 24.7 Å². The van der Waals surface area contributed by atoms with Crippen molar-refractivity contribution in [3.63, 3.8) is 0 Å². The van der Waals surface area contributed by atoms with Crippen molar-refractivity contribution in [1.29, 1.82) is 0 Å². The van der Waals surface area contributed by atoms with E-state index in [9.17, 15) is 4.79 Å². The molecule has 1 amide bonds. The molecule has 1 atom stereocenters. The van der Waals surface area contributed by atoms with Gasteiger partial charge in [-0.25, -0.2) is 4.98 Å². The lowest BCUT2D eigenvalue weighted by Gasteiger charge is -2.17. The van der Waals surface area contributed by atoms with E-state index >= 15 is 0 Å². The van der Waals surface area contributed by atoms with Crippen molar-refractivity contribution in [2.75, 3.05) is 7.11 Å². The molecule has 0 saturated carbocycles. The topological polar surface area (TPSA) is 65.4 Å². The number of amides is 1. The smallest absolute Gasteiger partial charge is 0.261 e. The lowest BCUT2D eigenvalue weighted by molar-refractivity contribution is -0.128. The van der Waals surface area contributed by atoms with E-state index in [0.717, 1.165) is 22.8 Å². The van der Waals surface area contributed by atoms with Crippen LogP contribution in [0.4, 0.5) is 0 Å². The Hall–Kier alpha value is -3.28. The van der Waals surface area contributed by atoms with Crippen LogP contribution in [-0.2, 0) is 11.3 Å². The maximum Gasteiger partial charge on any atom is 0.261 e. The molecule has 0 unspecified atom stereocenters. The van der Waals surface area contributed by atoms with Crippen LogP contribution in [-0.4, -0.2) is 28.7 Å². The largest absolute Gasteiger partial charge is 0.497 e. The van der Waals surface area contributed by atoms with E-state index in [1.54, 1.807) is 25.4 Å². The minimum Gasteiger partial charge on any atom is -0.497 e. The third-order valence-electron chi connectivity index (χ3n) is 4.51. The summed E-state index contributed by atoms with van der Waals surface area (Å²) >= 11 is 0. The molecule has 6 nitrogen and oxygen atoms in total. The zero-order chi connectivity index (χ0) is 19.9. The number of nitrogens with one attached hydrogen (secondary N) is 1. The zero-order valence-electron chi connectivity index (χ0n) is 16.4. The number of benzene rings is 2. The fourth-order valence-corrected chi connectivity index (χ4v) is 2.87. The summed E-state index contributed by atoms with van der Waals surface area (Å²) in [5.74, 6) is 2.19. The molecule has 0 spiro atoms. The number of hydrogen-bond acceptors (Lipinski definition) is 4. The van der Waals surface area contributed by atoms with Crippen LogP contribution >= 0.6 is 0 Å². The molecule has 1 heterocycles. The summed E-state index contributed by atoms with van der Waals surface area (Å²) in [4.78, 5) is 16.7. The average Bonchev–Trinajstić information content (AvgIpc) is 3.17. The second-order valence-electron chi connectivity index (χ2n) is 6.42. The number of nitrogens with zero attached hydrogens (tertiary/aromatic N) is 2. The molecule has 0 radical (unpaired) electrons. The van der Waals surface area contributed by atoms with Crippen molar-refractivity contribution >= 4 is 5.91 Å². The number of aromatic nitrogens is 2. The zero-order valence-corrected chi connectivity index (χ0v) is 16.4. The van der Waals surface area contributed by atoms with Crippen LogP contribution in [0, 0.1) is 6.92 Å². The van der Waals surface area contributed by atoms with Gasteiger partial charge in [0.25, 0.3) is 5.91 Å². The summed E-state index contributed by atoms with van der Waals surface area (Å²) in [5, 5.41) is 2.95. The summed E-state index contributed by atoms with van der Waals surface area (Å²) in [6.07, 6.45) is 3.74. The monoisotopic (exact) mass is 379 g/mol.